The van der Waals surface area contributed by atoms with E-state index in [1.165, 1.54) is 11.1 Å². The molecule has 3 nitrogen and oxygen atoms in total. The average Bonchev–Trinajstić information content (AvgIpc) is 3.05. The van der Waals surface area contributed by atoms with Crippen molar-refractivity contribution in [3.63, 3.8) is 0 Å². The van der Waals surface area contributed by atoms with Gasteiger partial charge in [-0.05, 0) is 31.0 Å². The molecule has 1 aliphatic rings. The summed E-state index contributed by atoms with van der Waals surface area (Å²) in [6.07, 6.45) is 1.83. The smallest absolute Gasteiger partial charge is 0.268 e. The van der Waals surface area contributed by atoms with Crippen molar-refractivity contribution < 1.29 is 0 Å². The van der Waals surface area contributed by atoms with E-state index in [0.717, 1.165) is 40.0 Å². The van der Waals surface area contributed by atoms with Crippen LogP contribution in [0.4, 0.5) is 0 Å². The van der Waals surface area contributed by atoms with Crippen LogP contribution in [0.1, 0.15) is 23.7 Å². The Bertz CT molecular complexity index is 997. The van der Waals surface area contributed by atoms with E-state index >= 15 is 0 Å². The minimum Gasteiger partial charge on any atom is -0.268 e. The average molecular weight is 395 g/mol. The molecule has 0 saturated carbocycles. The largest absolute Gasteiger partial charge is 0.272 e. The van der Waals surface area contributed by atoms with Crippen LogP contribution in [0.15, 0.2) is 69.4 Å². The maximum Gasteiger partial charge on any atom is 0.272 e. The summed E-state index contributed by atoms with van der Waals surface area (Å²) >= 11 is 3.32. The monoisotopic (exact) mass is 394 g/mol. The topological polar surface area (TPSA) is 34.9 Å². The number of rotatable bonds is 5. The minimum atomic E-state index is 0.0698. The lowest BCUT2D eigenvalue weighted by Crippen LogP contribution is -2.24. The second kappa shape index (κ2) is 7.95. The zero-order chi connectivity index (χ0) is 18.8. The summed E-state index contributed by atoms with van der Waals surface area (Å²) in [4.78, 5) is 18.9. The molecule has 27 heavy (non-hydrogen) atoms. The third-order valence-corrected chi connectivity index (χ3v) is 6.79. The number of benzene rings is 2. The highest BCUT2D eigenvalue weighted by atomic mass is 32.2. The van der Waals surface area contributed by atoms with Crippen LogP contribution in [-0.2, 0) is 12.8 Å². The lowest BCUT2D eigenvalue weighted by Gasteiger charge is -2.14. The molecule has 0 N–H and O–H groups in total. The van der Waals surface area contributed by atoms with Gasteiger partial charge in [0, 0.05) is 17.4 Å². The van der Waals surface area contributed by atoms with Crippen molar-refractivity contribution in [1.82, 2.24) is 9.55 Å². The highest BCUT2D eigenvalue weighted by Gasteiger charge is 2.26. The number of thioether (sulfide) groups is 2. The van der Waals surface area contributed by atoms with Crippen LogP contribution in [0.3, 0.4) is 0 Å². The van der Waals surface area contributed by atoms with Gasteiger partial charge in [-0.15, -0.1) is 11.8 Å². The molecular weight excluding hydrogens is 372 g/mol. The molecular formula is C22H22N2OS2. The molecule has 0 amide bonds. The first kappa shape index (κ1) is 18.4. The van der Waals surface area contributed by atoms with E-state index in [9.17, 15) is 4.79 Å². The molecule has 1 atom stereocenters. The Hall–Kier alpha value is -1.98. The fourth-order valence-electron chi connectivity index (χ4n) is 3.22. The number of aromatic nitrogens is 2. The number of hydrogen-bond acceptors (Lipinski definition) is 4. The van der Waals surface area contributed by atoms with Crippen LogP contribution in [0.2, 0.25) is 0 Å². The Kier molecular flexibility index (Phi) is 5.41. The van der Waals surface area contributed by atoms with E-state index in [4.69, 9.17) is 4.98 Å². The molecule has 138 valence electrons. The van der Waals surface area contributed by atoms with Gasteiger partial charge >= 0.3 is 0 Å². The summed E-state index contributed by atoms with van der Waals surface area (Å²) < 4.78 is 1.79. The van der Waals surface area contributed by atoms with Crippen LogP contribution < -0.4 is 5.56 Å². The van der Waals surface area contributed by atoms with E-state index in [-0.39, 0.29) is 5.56 Å². The zero-order valence-electron chi connectivity index (χ0n) is 15.5. The molecule has 0 unspecified atom stereocenters. The fraction of sp³-hybridized carbons (Fsp3) is 0.273. The molecule has 2 aromatic carbocycles. The number of fused-ring (bicyclic) bond motifs is 1. The van der Waals surface area contributed by atoms with Crippen molar-refractivity contribution in [3.05, 3.63) is 81.8 Å². The van der Waals surface area contributed by atoms with Gasteiger partial charge in [-0.1, -0.05) is 66.7 Å². The van der Waals surface area contributed by atoms with Gasteiger partial charge in [-0.25, -0.2) is 4.98 Å². The first-order valence-electron chi connectivity index (χ1n) is 9.18. The van der Waals surface area contributed by atoms with Crippen molar-refractivity contribution in [2.75, 3.05) is 5.75 Å². The maximum atomic E-state index is 13.2. The quantitative estimate of drug-likeness (QED) is 0.455. The number of aryl methyl sites for hydroxylation is 2. The van der Waals surface area contributed by atoms with Crippen molar-refractivity contribution in [2.24, 2.45) is 0 Å². The van der Waals surface area contributed by atoms with Crippen LogP contribution >= 0.6 is 23.5 Å². The highest BCUT2D eigenvalue weighted by Crippen LogP contribution is 2.35. The molecule has 1 aliphatic heterocycles. The molecule has 0 bridgehead atoms. The van der Waals surface area contributed by atoms with Gasteiger partial charge in [0.2, 0.25) is 0 Å². The Balaban J connectivity index is 1.68. The standard InChI is InChI=1S/C22H22N2OS2/c1-15-8-10-18(11-9-15)24-21(25)20-19(14-16(2)27-20)23-22(24)26-13-12-17-6-4-3-5-7-17/h3-11,16H,12-14H2,1-2H3/t16-/m0/s1. The molecule has 0 aliphatic carbocycles. The van der Waals surface area contributed by atoms with E-state index in [0.29, 0.717) is 5.25 Å². The van der Waals surface area contributed by atoms with E-state index in [1.54, 1.807) is 28.1 Å². The van der Waals surface area contributed by atoms with E-state index < -0.39 is 0 Å². The second-order valence-electron chi connectivity index (χ2n) is 6.86. The molecule has 2 heterocycles. The lowest BCUT2D eigenvalue weighted by atomic mass is 10.2. The third-order valence-electron chi connectivity index (χ3n) is 4.64. The van der Waals surface area contributed by atoms with Gasteiger partial charge in [-0.2, -0.15) is 0 Å². The van der Waals surface area contributed by atoms with Crippen LogP contribution in [0, 0.1) is 6.92 Å². The predicted octanol–water partition coefficient (Wildman–Crippen LogP) is 4.91. The van der Waals surface area contributed by atoms with Gasteiger partial charge in [-0.3, -0.25) is 9.36 Å². The van der Waals surface area contributed by atoms with Crippen LogP contribution in [0.25, 0.3) is 5.69 Å². The zero-order valence-corrected chi connectivity index (χ0v) is 17.1. The maximum absolute atomic E-state index is 13.2. The lowest BCUT2D eigenvalue weighted by molar-refractivity contribution is 0.730. The molecule has 0 spiro atoms. The van der Waals surface area contributed by atoms with Crippen LogP contribution in [-0.4, -0.2) is 20.6 Å². The second-order valence-corrected chi connectivity index (χ2v) is 9.37. The highest BCUT2D eigenvalue weighted by molar-refractivity contribution is 8.00. The Labute approximate surface area is 168 Å². The molecule has 4 rings (SSSR count). The minimum absolute atomic E-state index is 0.0698. The van der Waals surface area contributed by atoms with Crippen molar-refractivity contribution in [2.45, 2.75) is 42.0 Å². The summed E-state index contributed by atoms with van der Waals surface area (Å²) in [5, 5.41) is 1.21. The molecule has 0 saturated heterocycles. The van der Waals surface area contributed by atoms with Gasteiger partial charge < -0.3 is 0 Å². The summed E-state index contributed by atoms with van der Waals surface area (Å²) in [6.45, 7) is 4.21. The number of nitrogens with zero attached hydrogens (tertiary/aromatic N) is 2. The predicted molar refractivity (Wildman–Crippen MR) is 114 cm³/mol. The number of hydrogen-bond donors (Lipinski definition) is 0. The normalized spacial score (nSPS) is 15.7. The summed E-state index contributed by atoms with van der Waals surface area (Å²) in [7, 11) is 0. The first-order valence-corrected chi connectivity index (χ1v) is 11.0. The molecule has 0 fully saturated rings. The fourth-order valence-corrected chi connectivity index (χ4v) is 5.34. The summed E-state index contributed by atoms with van der Waals surface area (Å²) in [5.74, 6) is 0.893. The Morgan fingerprint density at radius 1 is 1.15 bits per heavy atom. The third kappa shape index (κ3) is 3.99. The van der Waals surface area contributed by atoms with Gasteiger partial charge in [0.15, 0.2) is 5.16 Å². The molecule has 3 aromatic rings. The van der Waals surface area contributed by atoms with E-state index in [2.05, 4.69) is 38.1 Å². The van der Waals surface area contributed by atoms with Gasteiger partial charge in [0.25, 0.3) is 5.56 Å². The SMILES string of the molecule is Cc1ccc(-n2c(SCCc3ccccc3)nc3c(c2=O)S[C@@H](C)C3)cc1. The first-order chi connectivity index (χ1) is 13.1. The summed E-state index contributed by atoms with van der Waals surface area (Å²) in [5.41, 5.74) is 4.41. The van der Waals surface area contributed by atoms with Crippen molar-refractivity contribution in [1.29, 1.82) is 0 Å². The van der Waals surface area contributed by atoms with Crippen LogP contribution in [0.5, 0.6) is 0 Å². The Morgan fingerprint density at radius 3 is 2.63 bits per heavy atom. The van der Waals surface area contributed by atoms with Crippen molar-refractivity contribution >= 4 is 23.5 Å². The molecule has 5 heteroatoms. The molecule has 1 aromatic heterocycles. The summed E-state index contributed by atoms with van der Waals surface area (Å²) in [6, 6.07) is 18.6. The Morgan fingerprint density at radius 2 is 1.89 bits per heavy atom. The van der Waals surface area contributed by atoms with Crippen molar-refractivity contribution in [3.8, 4) is 5.69 Å². The van der Waals surface area contributed by atoms with E-state index in [1.807, 2.05) is 30.3 Å². The van der Waals surface area contributed by atoms with Gasteiger partial charge in [0.1, 0.15) is 0 Å². The van der Waals surface area contributed by atoms with Gasteiger partial charge in [0.05, 0.1) is 16.3 Å². The molecule has 0 radical (unpaired) electrons.